The molecule has 0 radical (unpaired) electrons. The van der Waals surface area contributed by atoms with Gasteiger partial charge < -0.3 is 11.1 Å². The third-order valence-corrected chi connectivity index (χ3v) is 3.64. The minimum Gasteiger partial charge on any atom is -0.398 e. The average Bonchev–Trinajstić information content (AvgIpc) is 2.55. The quantitative estimate of drug-likeness (QED) is 0.557. The number of anilines is 1. The maximum atomic E-state index is 7.47. The van der Waals surface area contributed by atoms with E-state index in [0.29, 0.717) is 5.69 Å². The van der Waals surface area contributed by atoms with Crippen LogP contribution in [0.4, 0.5) is 5.69 Å². The summed E-state index contributed by atoms with van der Waals surface area (Å²) in [6.07, 6.45) is 1.28. The predicted octanol–water partition coefficient (Wildman–Crippen LogP) is 4.30. The van der Waals surface area contributed by atoms with E-state index in [-0.39, 0.29) is 0 Å². The third-order valence-electron chi connectivity index (χ3n) is 3.64. The van der Waals surface area contributed by atoms with Gasteiger partial charge in [-0.3, -0.25) is 4.98 Å². The second-order valence-corrected chi connectivity index (χ2v) is 5.20. The molecule has 22 heavy (non-hydrogen) atoms. The molecule has 0 spiro atoms. The molecule has 3 heteroatoms. The molecule has 2 aromatic carbocycles. The molecule has 0 aliphatic rings. The fourth-order valence-corrected chi connectivity index (χ4v) is 2.52. The molecule has 0 atom stereocenters. The van der Waals surface area contributed by atoms with Crippen molar-refractivity contribution >= 4 is 11.9 Å². The summed E-state index contributed by atoms with van der Waals surface area (Å²) in [6, 6.07) is 19.9. The molecule has 0 aliphatic heterocycles. The van der Waals surface area contributed by atoms with Crippen molar-refractivity contribution in [2.24, 2.45) is 0 Å². The van der Waals surface area contributed by atoms with Crippen LogP contribution in [-0.2, 0) is 0 Å². The minimum absolute atomic E-state index is 0.616. The van der Waals surface area contributed by atoms with Crippen LogP contribution >= 0.6 is 0 Å². The lowest BCUT2D eigenvalue weighted by Gasteiger charge is -2.11. The number of nitrogens with one attached hydrogen (secondary N) is 1. The number of nitrogen functional groups attached to an aromatic ring is 1. The second kappa shape index (κ2) is 5.82. The van der Waals surface area contributed by atoms with Crippen LogP contribution in [0.15, 0.2) is 60.7 Å². The Bertz CT molecular complexity index is 838. The largest absolute Gasteiger partial charge is 0.398 e. The first-order chi connectivity index (χ1) is 10.7. The Balaban J connectivity index is 2.18. The zero-order valence-corrected chi connectivity index (χ0v) is 12.4. The topological polar surface area (TPSA) is 62.8 Å². The van der Waals surface area contributed by atoms with Crippen LogP contribution < -0.4 is 5.73 Å². The van der Waals surface area contributed by atoms with E-state index >= 15 is 0 Å². The molecule has 0 amide bonds. The van der Waals surface area contributed by atoms with Gasteiger partial charge >= 0.3 is 0 Å². The van der Waals surface area contributed by atoms with Gasteiger partial charge in [-0.2, -0.15) is 0 Å². The van der Waals surface area contributed by atoms with Gasteiger partial charge in [0.1, 0.15) is 0 Å². The number of hydrogen-bond donors (Lipinski definition) is 2. The monoisotopic (exact) mass is 287 g/mol. The highest BCUT2D eigenvalue weighted by molar-refractivity contribution is 5.90. The summed E-state index contributed by atoms with van der Waals surface area (Å²) in [5.74, 6) is 0. The third kappa shape index (κ3) is 2.61. The van der Waals surface area contributed by atoms with Gasteiger partial charge in [-0.05, 0) is 42.3 Å². The summed E-state index contributed by atoms with van der Waals surface area (Å²) in [6.45, 7) is 1.99. The van der Waals surface area contributed by atoms with Crippen molar-refractivity contribution in [3.8, 4) is 22.4 Å². The Morgan fingerprint density at radius 1 is 0.955 bits per heavy atom. The Morgan fingerprint density at radius 2 is 1.73 bits per heavy atom. The van der Waals surface area contributed by atoms with Crippen molar-refractivity contribution in [2.45, 2.75) is 6.92 Å². The lowest BCUT2D eigenvalue weighted by molar-refractivity contribution is 1.21. The van der Waals surface area contributed by atoms with Crippen molar-refractivity contribution in [3.05, 3.63) is 71.9 Å². The highest BCUT2D eigenvalue weighted by atomic mass is 14.7. The molecule has 3 rings (SSSR count). The van der Waals surface area contributed by atoms with Crippen LogP contribution in [0, 0.1) is 12.3 Å². The normalized spacial score (nSPS) is 10.4. The maximum Gasteiger partial charge on any atom is 0.0711 e. The van der Waals surface area contributed by atoms with Crippen molar-refractivity contribution in [1.82, 2.24) is 4.98 Å². The Labute approximate surface area is 130 Å². The summed E-state index contributed by atoms with van der Waals surface area (Å²) in [7, 11) is 0. The van der Waals surface area contributed by atoms with Gasteiger partial charge in [-0.15, -0.1) is 0 Å². The first kappa shape index (κ1) is 14.0. The molecule has 1 aromatic heterocycles. The van der Waals surface area contributed by atoms with E-state index in [2.05, 4.69) is 17.1 Å². The van der Waals surface area contributed by atoms with Crippen LogP contribution in [-0.4, -0.2) is 11.2 Å². The number of aryl methyl sites for hydroxylation is 1. The maximum absolute atomic E-state index is 7.47. The van der Waals surface area contributed by atoms with Gasteiger partial charge in [0.25, 0.3) is 0 Å². The first-order valence-electron chi connectivity index (χ1n) is 7.12. The summed E-state index contributed by atoms with van der Waals surface area (Å²) in [5.41, 5.74) is 12.4. The first-order valence-corrected chi connectivity index (χ1v) is 7.12. The van der Waals surface area contributed by atoms with Crippen molar-refractivity contribution in [1.29, 1.82) is 5.41 Å². The van der Waals surface area contributed by atoms with Gasteiger partial charge in [0.2, 0.25) is 0 Å². The minimum atomic E-state index is 0.616. The van der Waals surface area contributed by atoms with E-state index in [1.807, 2.05) is 55.5 Å². The number of hydrogen-bond acceptors (Lipinski definition) is 3. The summed E-state index contributed by atoms with van der Waals surface area (Å²) in [4.78, 5) is 4.62. The van der Waals surface area contributed by atoms with E-state index in [0.717, 1.165) is 33.6 Å². The van der Waals surface area contributed by atoms with E-state index in [9.17, 15) is 0 Å². The molecule has 0 fully saturated rings. The molecule has 3 nitrogen and oxygen atoms in total. The van der Waals surface area contributed by atoms with Crippen molar-refractivity contribution < 1.29 is 0 Å². The molecule has 0 saturated carbocycles. The predicted molar refractivity (Wildman–Crippen MR) is 92.1 cm³/mol. The van der Waals surface area contributed by atoms with Crippen molar-refractivity contribution in [3.63, 3.8) is 0 Å². The van der Waals surface area contributed by atoms with E-state index < -0.39 is 0 Å². The standard InChI is InChI=1S/C19H17N3/c1-13-5-4-8-19(22-13)17-7-3-2-6-16(17)14-9-10-18(21)15(11-14)12-20/h2-12,20H,21H2,1H3. The van der Waals surface area contributed by atoms with Crippen LogP contribution in [0.1, 0.15) is 11.3 Å². The molecule has 1 heterocycles. The van der Waals surface area contributed by atoms with E-state index in [4.69, 9.17) is 11.1 Å². The SMILES string of the molecule is Cc1cccc(-c2ccccc2-c2ccc(N)c(C=N)c2)n1. The number of nitrogens with zero attached hydrogens (tertiary/aromatic N) is 1. The van der Waals surface area contributed by atoms with Crippen LogP contribution in [0.25, 0.3) is 22.4 Å². The van der Waals surface area contributed by atoms with E-state index in [1.54, 1.807) is 0 Å². The Hall–Kier alpha value is -2.94. The van der Waals surface area contributed by atoms with Gasteiger partial charge in [0.15, 0.2) is 0 Å². The molecule has 0 bridgehead atoms. The van der Waals surface area contributed by atoms with Crippen LogP contribution in [0.5, 0.6) is 0 Å². The molecule has 3 aromatic rings. The molecular formula is C19H17N3. The lowest BCUT2D eigenvalue weighted by atomic mass is 9.95. The van der Waals surface area contributed by atoms with Gasteiger partial charge in [-0.25, -0.2) is 0 Å². The second-order valence-electron chi connectivity index (χ2n) is 5.20. The number of benzene rings is 2. The zero-order chi connectivity index (χ0) is 15.5. The van der Waals surface area contributed by atoms with Crippen LogP contribution in [0.2, 0.25) is 0 Å². The fraction of sp³-hybridized carbons (Fsp3) is 0.0526. The summed E-state index contributed by atoms with van der Waals surface area (Å²) >= 11 is 0. The number of rotatable bonds is 3. The molecular weight excluding hydrogens is 270 g/mol. The summed E-state index contributed by atoms with van der Waals surface area (Å²) < 4.78 is 0. The molecule has 3 N–H and O–H groups in total. The number of aromatic nitrogens is 1. The Kier molecular flexibility index (Phi) is 3.71. The zero-order valence-electron chi connectivity index (χ0n) is 12.4. The number of pyridine rings is 1. The highest BCUT2D eigenvalue weighted by Gasteiger charge is 2.09. The van der Waals surface area contributed by atoms with Gasteiger partial charge in [0.05, 0.1) is 5.69 Å². The average molecular weight is 287 g/mol. The smallest absolute Gasteiger partial charge is 0.0711 e. The molecule has 108 valence electrons. The van der Waals surface area contributed by atoms with E-state index in [1.165, 1.54) is 6.21 Å². The van der Waals surface area contributed by atoms with Crippen LogP contribution in [0.3, 0.4) is 0 Å². The van der Waals surface area contributed by atoms with Gasteiger partial charge in [-0.1, -0.05) is 36.4 Å². The lowest BCUT2D eigenvalue weighted by Crippen LogP contribution is -1.94. The summed E-state index contributed by atoms with van der Waals surface area (Å²) in [5, 5.41) is 7.47. The molecule has 0 aliphatic carbocycles. The molecule has 0 saturated heterocycles. The molecule has 0 unspecified atom stereocenters. The number of nitrogens with two attached hydrogens (primary N) is 1. The highest BCUT2D eigenvalue weighted by Crippen LogP contribution is 2.32. The fourth-order valence-electron chi connectivity index (χ4n) is 2.52. The van der Waals surface area contributed by atoms with Crippen molar-refractivity contribution in [2.75, 3.05) is 5.73 Å². The Morgan fingerprint density at radius 3 is 2.45 bits per heavy atom. The van der Waals surface area contributed by atoms with Gasteiger partial charge in [0, 0.05) is 28.7 Å².